The molecule has 0 radical (unpaired) electrons. The second-order valence-electron chi connectivity index (χ2n) is 4.22. The van der Waals surface area contributed by atoms with E-state index in [-0.39, 0.29) is 16.0 Å². The highest BCUT2D eigenvalue weighted by atomic mass is 35.5. The zero-order valence-corrected chi connectivity index (χ0v) is 11.9. The second-order valence-corrected chi connectivity index (χ2v) is 5.67. The summed E-state index contributed by atoms with van der Waals surface area (Å²) < 4.78 is 26.6. The number of aromatic nitrogens is 2. The number of nitrogens with zero attached hydrogens (tertiary/aromatic N) is 2. The normalized spacial score (nSPS) is 11.1. The van der Waals surface area contributed by atoms with Crippen LogP contribution in [0.2, 0.25) is 5.15 Å². The number of hydrogen-bond donors (Lipinski definition) is 0. The van der Waals surface area contributed by atoms with E-state index in [1.807, 2.05) is 13.8 Å². The highest BCUT2D eigenvalue weighted by Gasteiger charge is 2.11. The lowest BCUT2D eigenvalue weighted by molar-refractivity contribution is 0.577. The SMILES string of the molecule is CC(C)c1nc(Cl)cc(Sc2cc(F)ccc2F)n1. The third kappa shape index (κ3) is 3.64. The van der Waals surface area contributed by atoms with Gasteiger partial charge in [0.15, 0.2) is 0 Å². The summed E-state index contributed by atoms with van der Waals surface area (Å²) in [7, 11) is 0. The Kier molecular flexibility index (Phi) is 4.37. The molecule has 0 bridgehead atoms. The van der Waals surface area contributed by atoms with Gasteiger partial charge in [-0.15, -0.1) is 0 Å². The van der Waals surface area contributed by atoms with Crippen LogP contribution in [0.5, 0.6) is 0 Å². The van der Waals surface area contributed by atoms with Crippen molar-refractivity contribution in [2.75, 3.05) is 0 Å². The van der Waals surface area contributed by atoms with E-state index >= 15 is 0 Å². The molecule has 1 aromatic carbocycles. The molecule has 1 aromatic heterocycles. The van der Waals surface area contributed by atoms with Gasteiger partial charge in [-0.05, 0) is 18.2 Å². The second kappa shape index (κ2) is 5.84. The van der Waals surface area contributed by atoms with Gasteiger partial charge in [0.05, 0.1) is 4.90 Å². The average Bonchev–Trinajstić information content (AvgIpc) is 2.33. The molecular weight excluding hydrogens is 290 g/mol. The molecule has 0 N–H and O–H groups in total. The van der Waals surface area contributed by atoms with Crippen LogP contribution in [0.1, 0.15) is 25.6 Å². The molecule has 2 nitrogen and oxygen atoms in total. The Morgan fingerprint density at radius 2 is 1.89 bits per heavy atom. The van der Waals surface area contributed by atoms with Crippen LogP contribution in [-0.4, -0.2) is 9.97 Å². The van der Waals surface area contributed by atoms with Crippen molar-refractivity contribution in [1.29, 1.82) is 0 Å². The first kappa shape index (κ1) is 14.2. The Labute approximate surface area is 119 Å². The molecule has 1 heterocycles. The van der Waals surface area contributed by atoms with Crippen LogP contribution in [0, 0.1) is 11.6 Å². The fourth-order valence-corrected chi connectivity index (χ4v) is 2.52. The molecule has 0 unspecified atom stereocenters. The summed E-state index contributed by atoms with van der Waals surface area (Å²) in [6.07, 6.45) is 0. The Balaban J connectivity index is 2.35. The largest absolute Gasteiger partial charge is 0.226 e. The minimum atomic E-state index is -0.493. The van der Waals surface area contributed by atoms with Gasteiger partial charge in [0, 0.05) is 12.0 Å². The molecule has 0 saturated carbocycles. The standard InChI is InChI=1S/C13H11ClF2N2S/c1-7(2)13-17-11(14)6-12(18-13)19-10-5-8(15)3-4-9(10)16/h3-7H,1-2H3. The number of rotatable bonds is 3. The van der Waals surface area contributed by atoms with Gasteiger partial charge in [0.1, 0.15) is 27.6 Å². The lowest BCUT2D eigenvalue weighted by atomic mass is 10.2. The van der Waals surface area contributed by atoms with Crippen molar-refractivity contribution in [2.45, 2.75) is 29.7 Å². The third-order valence-electron chi connectivity index (χ3n) is 2.31. The molecule has 0 saturated heterocycles. The summed E-state index contributed by atoms with van der Waals surface area (Å²) >= 11 is 6.92. The number of halogens is 3. The molecule has 0 amide bonds. The van der Waals surface area contributed by atoms with Gasteiger partial charge in [0.25, 0.3) is 0 Å². The summed E-state index contributed by atoms with van der Waals surface area (Å²) in [4.78, 5) is 8.54. The number of hydrogen-bond acceptors (Lipinski definition) is 3. The first-order valence-electron chi connectivity index (χ1n) is 5.63. The van der Waals surface area contributed by atoms with Crippen molar-refractivity contribution in [1.82, 2.24) is 9.97 Å². The van der Waals surface area contributed by atoms with Crippen molar-refractivity contribution in [2.24, 2.45) is 0 Å². The Bertz CT molecular complexity index is 605. The van der Waals surface area contributed by atoms with Gasteiger partial charge in [-0.25, -0.2) is 18.7 Å². The smallest absolute Gasteiger partial charge is 0.137 e. The van der Waals surface area contributed by atoms with E-state index in [9.17, 15) is 8.78 Å². The van der Waals surface area contributed by atoms with E-state index in [1.165, 1.54) is 6.07 Å². The van der Waals surface area contributed by atoms with E-state index in [1.54, 1.807) is 0 Å². The summed E-state index contributed by atoms with van der Waals surface area (Å²) in [5.41, 5.74) is 0. The Hall–Kier alpha value is -1.20. The Morgan fingerprint density at radius 1 is 1.16 bits per heavy atom. The van der Waals surface area contributed by atoms with Gasteiger partial charge >= 0.3 is 0 Å². The maximum Gasteiger partial charge on any atom is 0.137 e. The molecule has 2 rings (SSSR count). The van der Waals surface area contributed by atoms with E-state index in [4.69, 9.17) is 11.6 Å². The summed E-state index contributed by atoms with van der Waals surface area (Å²) in [6, 6.07) is 4.82. The van der Waals surface area contributed by atoms with E-state index in [0.717, 1.165) is 30.0 Å². The zero-order chi connectivity index (χ0) is 14.0. The molecule has 0 aliphatic heterocycles. The van der Waals surface area contributed by atoms with E-state index < -0.39 is 11.6 Å². The summed E-state index contributed by atoms with van der Waals surface area (Å²) in [6.45, 7) is 3.87. The summed E-state index contributed by atoms with van der Waals surface area (Å²) in [5.74, 6) is -0.303. The quantitative estimate of drug-likeness (QED) is 0.770. The van der Waals surface area contributed by atoms with Crippen molar-refractivity contribution in [3.8, 4) is 0 Å². The molecule has 19 heavy (non-hydrogen) atoms. The zero-order valence-electron chi connectivity index (χ0n) is 10.3. The molecule has 0 fully saturated rings. The molecule has 100 valence electrons. The predicted octanol–water partition coefficient (Wildman–Crippen LogP) is 4.68. The van der Waals surface area contributed by atoms with Gasteiger partial charge < -0.3 is 0 Å². The lowest BCUT2D eigenvalue weighted by Gasteiger charge is -2.07. The van der Waals surface area contributed by atoms with Crippen molar-refractivity contribution in [3.05, 3.63) is 46.9 Å². The molecule has 0 atom stereocenters. The minimum Gasteiger partial charge on any atom is -0.226 e. The van der Waals surface area contributed by atoms with Gasteiger partial charge in [-0.3, -0.25) is 0 Å². The van der Waals surface area contributed by atoms with Crippen LogP contribution >= 0.6 is 23.4 Å². The van der Waals surface area contributed by atoms with Crippen LogP contribution in [0.3, 0.4) is 0 Å². The van der Waals surface area contributed by atoms with Crippen LogP contribution in [0.4, 0.5) is 8.78 Å². The summed E-state index contributed by atoms with van der Waals surface area (Å²) in [5, 5.41) is 0.784. The first-order valence-corrected chi connectivity index (χ1v) is 6.82. The Morgan fingerprint density at radius 3 is 2.58 bits per heavy atom. The van der Waals surface area contributed by atoms with Crippen molar-refractivity contribution >= 4 is 23.4 Å². The van der Waals surface area contributed by atoms with Gasteiger partial charge in [0.2, 0.25) is 0 Å². The highest BCUT2D eigenvalue weighted by Crippen LogP contribution is 2.30. The van der Waals surface area contributed by atoms with Crippen LogP contribution in [-0.2, 0) is 0 Å². The molecule has 0 spiro atoms. The maximum absolute atomic E-state index is 13.6. The fraction of sp³-hybridized carbons (Fsp3) is 0.231. The third-order valence-corrected chi connectivity index (χ3v) is 3.46. The molecule has 2 aromatic rings. The fourth-order valence-electron chi connectivity index (χ4n) is 1.39. The molecule has 6 heteroatoms. The maximum atomic E-state index is 13.6. The number of benzene rings is 1. The molecule has 0 aliphatic rings. The van der Waals surface area contributed by atoms with Crippen LogP contribution < -0.4 is 0 Å². The highest BCUT2D eigenvalue weighted by molar-refractivity contribution is 7.99. The van der Waals surface area contributed by atoms with Crippen LogP contribution in [0.15, 0.2) is 34.2 Å². The lowest BCUT2D eigenvalue weighted by Crippen LogP contribution is -1.98. The first-order chi connectivity index (χ1) is 8.95. The van der Waals surface area contributed by atoms with E-state index in [2.05, 4.69) is 9.97 Å². The molecular formula is C13H11ClF2N2S. The van der Waals surface area contributed by atoms with E-state index in [0.29, 0.717) is 10.9 Å². The monoisotopic (exact) mass is 300 g/mol. The van der Waals surface area contributed by atoms with Gasteiger partial charge in [-0.2, -0.15) is 0 Å². The average molecular weight is 301 g/mol. The minimum absolute atomic E-state index is 0.107. The molecule has 0 aliphatic carbocycles. The predicted molar refractivity (Wildman–Crippen MR) is 71.6 cm³/mol. The van der Waals surface area contributed by atoms with Gasteiger partial charge in [-0.1, -0.05) is 37.2 Å². The van der Waals surface area contributed by atoms with Crippen LogP contribution in [0.25, 0.3) is 0 Å². The van der Waals surface area contributed by atoms with Crippen molar-refractivity contribution in [3.63, 3.8) is 0 Å². The van der Waals surface area contributed by atoms with Crippen molar-refractivity contribution < 1.29 is 8.78 Å². The topological polar surface area (TPSA) is 25.8 Å².